The van der Waals surface area contributed by atoms with Gasteiger partial charge in [-0.2, -0.15) is 0 Å². The average Bonchev–Trinajstić information content (AvgIpc) is 2.62. The van der Waals surface area contributed by atoms with Gasteiger partial charge in [-0.1, -0.05) is 29.8 Å². The van der Waals surface area contributed by atoms with Gasteiger partial charge in [-0.3, -0.25) is 9.10 Å². The summed E-state index contributed by atoms with van der Waals surface area (Å²) in [7, 11) is -3.75. The lowest BCUT2D eigenvalue weighted by molar-refractivity contribution is -0.116. The summed E-state index contributed by atoms with van der Waals surface area (Å²) in [5, 5.41) is 2.77. The average molecular weight is 330 g/mol. The fourth-order valence-electron chi connectivity index (χ4n) is 2.75. The molecule has 0 aliphatic carbocycles. The lowest BCUT2D eigenvalue weighted by Crippen LogP contribution is -2.39. The van der Waals surface area contributed by atoms with Crippen LogP contribution in [-0.4, -0.2) is 20.4 Å². The van der Waals surface area contributed by atoms with Gasteiger partial charge in [0, 0.05) is 6.42 Å². The van der Waals surface area contributed by atoms with Crippen molar-refractivity contribution in [2.75, 3.05) is 9.62 Å². The van der Waals surface area contributed by atoms with E-state index in [1.165, 1.54) is 4.31 Å². The van der Waals surface area contributed by atoms with Crippen LogP contribution in [0, 0.1) is 6.92 Å². The van der Waals surface area contributed by atoms with Crippen LogP contribution in [0.5, 0.6) is 0 Å². The lowest BCUT2D eigenvalue weighted by Gasteiger charge is -2.29. The van der Waals surface area contributed by atoms with E-state index in [0.717, 1.165) is 5.56 Å². The van der Waals surface area contributed by atoms with Gasteiger partial charge in [0.05, 0.1) is 22.3 Å². The number of hydrogen-bond donors (Lipinski definition) is 1. The highest BCUT2D eigenvalue weighted by atomic mass is 32.2. The summed E-state index contributed by atoms with van der Waals surface area (Å²) in [6.45, 7) is 3.65. The van der Waals surface area contributed by atoms with E-state index in [0.29, 0.717) is 11.4 Å². The molecule has 1 N–H and O–H groups in total. The smallest absolute Gasteiger partial charge is 0.264 e. The zero-order chi connectivity index (χ0) is 16.6. The molecule has 3 rings (SSSR count). The maximum Gasteiger partial charge on any atom is 0.264 e. The zero-order valence-corrected chi connectivity index (χ0v) is 13.8. The van der Waals surface area contributed by atoms with Crippen LogP contribution in [0.1, 0.15) is 18.9 Å². The number of sulfonamides is 1. The monoisotopic (exact) mass is 330 g/mol. The van der Waals surface area contributed by atoms with Gasteiger partial charge < -0.3 is 5.32 Å². The minimum atomic E-state index is -3.75. The summed E-state index contributed by atoms with van der Waals surface area (Å²) >= 11 is 0. The molecule has 1 heterocycles. The quantitative estimate of drug-likeness (QED) is 0.920. The van der Waals surface area contributed by atoms with Crippen molar-refractivity contribution in [2.24, 2.45) is 0 Å². The van der Waals surface area contributed by atoms with E-state index >= 15 is 0 Å². The Labute approximate surface area is 136 Å². The van der Waals surface area contributed by atoms with Crippen LogP contribution in [-0.2, 0) is 14.8 Å². The van der Waals surface area contributed by atoms with Crippen molar-refractivity contribution in [3.8, 4) is 0 Å². The van der Waals surface area contributed by atoms with E-state index in [4.69, 9.17) is 0 Å². The lowest BCUT2D eigenvalue weighted by atomic mass is 10.2. The summed E-state index contributed by atoms with van der Waals surface area (Å²) in [5.74, 6) is -0.188. The Bertz CT molecular complexity index is 844. The largest absolute Gasteiger partial charge is 0.324 e. The molecule has 0 saturated carbocycles. The fraction of sp³-hybridized carbons (Fsp3) is 0.235. The maximum absolute atomic E-state index is 13.1. The molecule has 0 saturated heterocycles. The Morgan fingerprint density at radius 1 is 1.09 bits per heavy atom. The molecule has 0 aromatic heterocycles. The van der Waals surface area contributed by atoms with E-state index in [2.05, 4.69) is 5.32 Å². The number of benzene rings is 2. The predicted octanol–water partition coefficient (Wildman–Crippen LogP) is 2.92. The molecule has 120 valence electrons. The summed E-state index contributed by atoms with van der Waals surface area (Å²) < 4.78 is 27.6. The van der Waals surface area contributed by atoms with Crippen LogP contribution in [0.2, 0.25) is 0 Å². The van der Waals surface area contributed by atoms with Crippen LogP contribution in [0.15, 0.2) is 53.4 Å². The number of nitrogens with zero attached hydrogens (tertiary/aromatic N) is 1. The molecule has 0 fully saturated rings. The van der Waals surface area contributed by atoms with E-state index in [9.17, 15) is 13.2 Å². The van der Waals surface area contributed by atoms with Gasteiger partial charge in [0.25, 0.3) is 10.0 Å². The number of rotatable bonds is 2. The molecule has 1 amide bonds. The first-order valence-corrected chi connectivity index (χ1v) is 8.83. The molecule has 1 aliphatic rings. The van der Waals surface area contributed by atoms with Gasteiger partial charge in [0.2, 0.25) is 5.91 Å². The van der Waals surface area contributed by atoms with Crippen LogP contribution in [0.25, 0.3) is 0 Å². The Morgan fingerprint density at radius 2 is 1.74 bits per heavy atom. The third-order valence-electron chi connectivity index (χ3n) is 3.87. The summed E-state index contributed by atoms with van der Waals surface area (Å²) in [6, 6.07) is 13.2. The number of hydrogen-bond acceptors (Lipinski definition) is 3. The maximum atomic E-state index is 13.1. The second-order valence-corrected chi connectivity index (χ2v) is 7.55. The first kappa shape index (κ1) is 15.6. The van der Waals surface area contributed by atoms with Crippen molar-refractivity contribution < 1.29 is 13.2 Å². The van der Waals surface area contributed by atoms with E-state index < -0.39 is 16.1 Å². The standard InChI is InChI=1S/C17H18N2O3S/c1-12-7-9-14(10-8-12)23(21,22)19-13(2)11-17(20)18-15-5-3-4-6-16(15)19/h3-10,13H,11H2,1-2H3,(H,18,20)/t13-/m1/s1. The SMILES string of the molecule is Cc1ccc(S(=O)(=O)N2c3ccccc3NC(=O)C[C@H]2C)cc1. The first-order valence-electron chi connectivity index (χ1n) is 7.39. The normalized spacial score (nSPS) is 18.1. The van der Waals surface area contributed by atoms with Gasteiger partial charge in [0.1, 0.15) is 0 Å². The molecule has 1 aliphatic heterocycles. The number of nitrogens with one attached hydrogen (secondary N) is 1. The number of carbonyl (C=O) groups excluding carboxylic acids is 1. The highest BCUT2D eigenvalue weighted by Gasteiger charge is 2.34. The number of amides is 1. The van der Waals surface area contributed by atoms with Gasteiger partial charge in [-0.25, -0.2) is 8.42 Å². The number of fused-ring (bicyclic) bond motifs is 1. The zero-order valence-electron chi connectivity index (χ0n) is 13.0. The van der Waals surface area contributed by atoms with Crippen LogP contribution in [0.3, 0.4) is 0 Å². The highest BCUT2D eigenvalue weighted by Crippen LogP contribution is 2.35. The fourth-order valence-corrected chi connectivity index (χ4v) is 4.43. The van der Waals surface area contributed by atoms with E-state index in [1.807, 2.05) is 6.92 Å². The topological polar surface area (TPSA) is 66.5 Å². The number of para-hydroxylation sites is 2. The molecule has 1 atom stereocenters. The third-order valence-corrected chi connectivity index (χ3v) is 5.82. The van der Waals surface area contributed by atoms with Crippen molar-refractivity contribution in [3.05, 3.63) is 54.1 Å². The second-order valence-electron chi connectivity index (χ2n) is 5.73. The van der Waals surface area contributed by atoms with Gasteiger partial charge in [0.15, 0.2) is 0 Å². The number of anilines is 2. The van der Waals surface area contributed by atoms with Crippen molar-refractivity contribution in [2.45, 2.75) is 31.2 Å². The number of carbonyl (C=O) groups is 1. The Kier molecular flexibility index (Phi) is 3.85. The Balaban J connectivity index is 2.16. The first-order chi connectivity index (χ1) is 10.9. The van der Waals surface area contributed by atoms with Crippen molar-refractivity contribution >= 4 is 27.3 Å². The molecule has 0 radical (unpaired) electrons. The van der Waals surface area contributed by atoms with Gasteiger partial charge in [-0.15, -0.1) is 0 Å². The number of aryl methyl sites for hydroxylation is 1. The predicted molar refractivity (Wildman–Crippen MR) is 90.0 cm³/mol. The van der Waals surface area contributed by atoms with Crippen LogP contribution < -0.4 is 9.62 Å². The molecule has 6 heteroatoms. The molecule has 0 spiro atoms. The van der Waals surface area contributed by atoms with E-state index in [-0.39, 0.29) is 17.2 Å². The Hall–Kier alpha value is -2.34. The highest BCUT2D eigenvalue weighted by molar-refractivity contribution is 7.92. The van der Waals surface area contributed by atoms with Crippen LogP contribution in [0.4, 0.5) is 11.4 Å². The summed E-state index contributed by atoms with van der Waals surface area (Å²) in [5.41, 5.74) is 1.99. The van der Waals surface area contributed by atoms with E-state index in [1.54, 1.807) is 55.5 Å². The molecular weight excluding hydrogens is 312 g/mol. The molecule has 2 aromatic carbocycles. The van der Waals surface area contributed by atoms with Crippen molar-refractivity contribution in [3.63, 3.8) is 0 Å². The van der Waals surface area contributed by atoms with Crippen molar-refractivity contribution in [1.29, 1.82) is 0 Å². The van der Waals surface area contributed by atoms with Gasteiger partial charge >= 0.3 is 0 Å². The summed E-state index contributed by atoms with van der Waals surface area (Å²) in [6.07, 6.45) is 0.111. The van der Waals surface area contributed by atoms with Crippen molar-refractivity contribution in [1.82, 2.24) is 0 Å². The molecular formula is C17H18N2O3S. The molecule has 23 heavy (non-hydrogen) atoms. The third kappa shape index (κ3) is 2.82. The molecule has 0 bridgehead atoms. The van der Waals surface area contributed by atoms with Crippen LogP contribution >= 0.6 is 0 Å². The summed E-state index contributed by atoms with van der Waals surface area (Å²) in [4.78, 5) is 12.2. The minimum Gasteiger partial charge on any atom is -0.324 e. The molecule has 2 aromatic rings. The minimum absolute atomic E-state index is 0.111. The Morgan fingerprint density at radius 3 is 2.43 bits per heavy atom. The van der Waals surface area contributed by atoms with Gasteiger partial charge in [-0.05, 0) is 38.1 Å². The molecule has 0 unspecified atom stereocenters. The second kappa shape index (κ2) is 5.70. The molecule has 5 nitrogen and oxygen atoms in total.